The SMILES string of the molecule is Cc1csc([C@H](C#N)C=NCCc2ccc(C(F)(F)F)cc2)n1. The van der Waals surface area contributed by atoms with E-state index in [1.54, 1.807) is 6.21 Å². The molecule has 120 valence electrons. The number of nitriles is 1. The Morgan fingerprint density at radius 2 is 2.04 bits per heavy atom. The smallest absolute Gasteiger partial charge is 0.295 e. The van der Waals surface area contributed by atoms with Crippen molar-refractivity contribution < 1.29 is 13.2 Å². The zero-order valence-corrected chi connectivity index (χ0v) is 13.2. The average Bonchev–Trinajstić information content (AvgIpc) is 2.93. The molecule has 2 rings (SSSR count). The van der Waals surface area contributed by atoms with Crippen LogP contribution in [-0.4, -0.2) is 17.7 Å². The van der Waals surface area contributed by atoms with Crippen LogP contribution in [0.15, 0.2) is 34.6 Å². The summed E-state index contributed by atoms with van der Waals surface area (Å²) in [7, 11) is 0. The number of rotatable bonds is 5. The number of nitrogens with zero attached hydrogens (tertiary/aromatic N) is 3. The Morgan fingerprint density at radius 1 is 1.35 bits per heavy atom. The Hall–Kier alpha value is -2.20. The van der Waals surface area contributed by atoms with Crippen LogP contribution in [0.4, 0.5) is 13.2 Å². The second kappa shape index (κ2) is 7.38. The van der Waals surface area contributed by atoms with Crippen molar-refractivity contribution >= 4 is 17.6 Å². The fourth-order valence-electron chi connectivity index (χ4n) is 1.90. The number of hydrogen-bond donors (Lipinski definition) is 0. The molecule has 1 aromatic heterocycles. The summed E-state index contributed by atoms with van der Waals surface area (Å²) in [4.78, 5) is 8.44. The van der Waals surface area contributed by atoms with Crippen molar-refractivity contribution in [3.05, 3.63) is 51.5 Å². The van der Waals surface area contributed by atoms with Gasteiger partial charge in [0.25, 0.3) is 0 Å². The van der Waals surface area contributed by atoms with Gasteiger partial charge in [-0.05, 0) is 31.0 Å². The topological polar surface area (TPSA) is 49.0 Å². The first kappa shape index (κ1) is 17.2. The average molecular weight is 337 g/mol. The fourth-order valence-corrected chi connectivity index (χ4v) is 2.70. The van der Waals surface area contributed by atoms with E-state index in [1.165, 1.54) is 23.5 Å². The van der Waals surface area contributed by atoms with Crippen LogP contribution in [0.2, 0.25) is 0 Å². The van der Waals surface area contributed by atoms with Gasteiger partial charge in [-0.2, -0.15) is 18.4 Å². The normalized spacial score (nSPS) is 13.2. The van der Waals surface area contributed by atoms with Crippen LogP contribution in [0.5, 0.6) is 0 Å². The van der Waals surface area contributed by atoms with Gasteiger partial charge in [-0.1, -0.05) is 12.1 Å². The van der Waals surface area contributed by atoms with Gasteiger partial charge in [0.2, 0.25) is 0 Å². The monoisotopic (exact) mass is 337 g/mol. The third-order valence-electron chi connectivity index (χ3n) is 3.11. The highest BCUT2D eigenvalue weighted by Crippen LogP contribution is 2.29. The van der Waals surface area contributed by atoms with Gasteiger partial charge in [-0.3, -0.25) is 4.99 Å². The lowest BCUT2D eigenvalue weighted by Crippen LogP contribution is -2.04. The van der Waals surface area contributed by atoms with Crippen molar-refractivity contribution in [1.82, 2.24) is 4.98 Å². The number of hydrogen-bond acceptors (Lipinski definition) is 4. The van der Waals surface area contributed by atoms with E-state index >= 15 is 0 Å². The zero-order valence-electron chi connectivity index (χ0n) is 12.3. The summed E-state index contributed by atoms with van der Waals surface area (Å²) in [6.45, 7) is 2.27. The molecule has 0 amide bonds. The lowest BCUT2D eigenvalue weighted by molar-refractivity contribution is -0.137. The number of thiazole rings is 1. The molecule has 2 aromatic rings. The zero-order chi connectivity index (χ0) is 16.9. The summed E-state index contributed by atoms with van der Waals surface area (Å²) >= 11 is 1.41. The van der Waals surface area contributed by atoms with Crippen LogP contribution in [0, 0.1) is 18.3 Å². The molecule has 1 heterocycles. The van der Waals surface area contributed by atoms with Crippen LogP contribution in [0.3, 0.4) is 0 Å². The summed E-state index contributed by atoms with van der Waals surface area (Å²) in [6, 6.07) is 7.16. The number of aliphatic imine (C=N–C) groups is 1. The van der Waals surface area contributed by atoms with Gasteiger partial charge in [-0.15, -0.1) is 11.3 Å². The molecule has 0 unspecified atom stereocenters. The predicted molar refractivity (Wildman–Crippen MR) is 83.7 cm³/mol. The molecule has 0 saturated heterocycles. The van der Waals surface area contributed by atoms with Gasteiger partial charge in [0, 0.05) is 23.8 Å². The van der Waals surface area contributed by atoms with E-state index < -0.39 is 17.7 Å². The first-order valence-electron chi connectivity index (χ1n) is 6.88. The summed E-state index contributed by atoms with van der Waals surface area (Å²) in [5, 5.41) is 11.7. The number of alkyl halides is 3. The summed E-state index contributed by atoms with van der Waals surface area (Å²) < 4.78 is 37.4. The lowest BCUT2D eigenvalue weighted by Gasteiger charge is -2.07. The van der Waals surface area contributed by atoms with Crippen molar-refractivity contribution in [2.24, 2.45) is 4.99 Å². The van der Waals surface area contributed by atoms with Gasteiger partial charge in [0.05, 0.1) is 11.6 Å². The number of benzene rings is 1. The maximum Gasteiger partial charge on any atom is 0.416 e. The van der Waals surface area contributed by atoms with Crippen molar-refractivity contribution in [3.8, 4) is 6.07 Å². The minimum absolute atomic E-state index is 0.411. The summed E-state index contributed by atoms with van der Waals surface area (Å²) in [5.74, 6) is -0.485. The highest BCUT2D eigenvalue weighted by molar-refractivity contribution is 7.09. The highest BCUT2D eigenvalue weighted by atomic mass is 32.1. The molecule has 0 radical (unpaired) electrons. The predicted octanol–water partition coefficient (Wildman–Crippen LogP) is 4.39. The molecule has 1 aromatic carbocycles. The molecule has 3 nitrogen and oxygen atoms in total. The minimum Gasteiger partial charge on any atom is -0.295 e. The maximum absolute atomic E-state index is 12.5. The van der Waals surface area contributed by atoms with E-state index in [4.69, 9.17) is 5.26 Å². The third-order valence-corrected chi connectivity index (χ3v) is 4.15. The van der Waals surface area contributed by atoms with Crippen LogP contribution in [-0.2, 0) is 12.6 Å². The quantitative estimate of drug-likeness (QED) is 0.760. The molecule has 0 fully saturated rings. The molecule has 23 heavy (non-hydrogen) atoms. The number of aromatic nitrogens is 1. The summed E-state index contributed by atoms with van der Waals surface area (Å²) in [6.07, 6.45) is -2.26. The Balaban J connectivity index is 1.90. The summed E-state index contributed by atoms with van der Waals surface area (Å²) in [5.41, 5.74) is 0.977. The van der Waals surface area contributed by atoms with Crippen molar-refractivity contribution in [1.29, 1.82) is 5.26 Å². The van der Waals surface area contributed by atoms with Crippen LogP contribution < -0.4 is 0 Å². The third kappa shape index (κ3) is 4.89. The molecule has 0 aliphatic heterocycles. The van der Waals surface area contributed by atoms with Crippen molar-refractivity contribution in [3.63, 3.8) is 0 Å². The molecular weight excluding hydrogens is 323 g/mol. The van der Waals surface area contributed by atoms with Gasteiger partial charge in [-0.25, -0.2) is 4.98 Å². The van der Waals surface area contributed by atoms with Crippen molar-refractivity contribution in [2.45, 2.75) is 25.4 Å². The van der Waals surface area contributed by atoms with E-state index in [-0.39, 0.29) is 0 Å². The van der Waals surface area contributed by atoms with Crippen LogP contribution in [0.1, 0.15) is 27.7 Å². The molecule has 0 N–H and O–H groups in total. The highest BCUT2D eigenvalue weighted by Gasteiger charge is 2.29. The standard InChI is InChI=1S/C16H14F3N3S/c1-11-10-23-15(22-11)13(8-20)9-21-7-6-12-2-4-14(5-3-12)16(17,18)19/h2-5,9-10,13H,6-7H2,1H3/t13-/m1/s1. The molecule has 0 aliphatic carbocycles. The van der Waals surface area contributed by atoms with E-state index in [0.29, 0.717) is 18.0 Å². The number of halogens is 3. The lowest BCUT2D eigenvalue weighted by atomic mass is 10.1. The van der Waals surface area contributed by atoms with Crippen molar-refractivity contribution in [2.75, 3.05) is 6.54 Å². The van der Waals surface area contributed by atoms with E-state index in [0.717, 1.165) is 23.4 Å². The molecule has 0 saturated carbocycles. The van der Waals surface area contributed by atoms with Gasteiger partial charge in [0.1, 0.15) is 10.9 Å². The minimum atomic E-state index is -4.32. The molecule has 0 aliphatic rings. The molecule has 0 spiro atoms. The maximum atomic E-state index is 12.5. The molecule has 7 heteroatoms. The van der Waals surface area contributed by atoms with Gasteiger partial charge < -0.3 is 0 Å². The van der Waals surface area contributed by atoms with E-state index in [9.17, 15) is 13.2 Å². The Kier molecular flexibility index (Phi) is 5.50. The first-order chi connectivity index (χ1) is 10.9. The Morgan fingerprint density at radius 3 is 2.57 bits per heavy atom. The molecule has 0 bridgehead atoms. The second-order valence-corrected chi connectivity index (χ2v) is 5.82. The largest absolute Gasteiger partial charge is 0.416 e. The van der Waals surface area contributed by atoms with Crippen LogP contribution in [0.25, 0.3) is 0 Å². The Labute approximate surface area is 136 Å². The fraction of sp³-hybridized carbons (Fsp3) is 0.312. The van der Waals surface area contributed by atoms with Gasteiger partial charge in [0.15, 0.2) is 0 Å². The number of aryl methyl sites for hydroxylation is 1. The first-order valence-corrected chi connectivity index (χ1v) is 7.76. The second-order valence-electron chi connectivity index (χ2n) is 4.93. The van der Waals surface area contributed by atoms with Crippen LogP contribution >= 0.6 is 11.3 Å². The van der Waals surface area contributed by atoms with Gasteiger partial charge >= 0.3 is 6.18 Å². The van der Waals surface area contributed by atoms with E-state index in [2.05, 4.69) is 16.0 Å². The molecule has 1 atom stereocenters. The van der Waals surface area contributed by atoms with E-state index in [1.807, 2.05) is 12.3 Å². The molecular formula is C16H14F3N3S. The Bertz CT molecular complexity index is 711.